The van der Waals surface area contributed by atoms with E-state index in [1.807, 2.05) is 6.92 Å². The summed E-state index contributed by atoms with van der Waals surface area (Å²) in [6.07, 6.45) is -0.484. The van der Waals surface area contributed by atoms with Crippen LogP contribution in [-0.4, -0.2) is 57.7 Å². The Morgan fingerprint density at radius 3 is 2.53 bits per heavy atom. The first kappa shape index (κ1) is 22.3. The van der Waals surface area contributed by atoms with Crippen LogP contribution < -0.4 is 0 Å². The summed E-state index contributed by atoms with van der Waals surface area (Å²) in [5.74, 6) is 0. The van der Waals surface area contributed by atoms with Crippen LogP contribution in [0.3, 0.4) is 0 Å². The molecule has 1 saturated heterocycles. The van der Waals surface area contributed by atoms with E-state index in [0.29, 0.717) is 31.6 Å². The highest BCUT2D eigenvalue weighted by Crippen LogP contribution is 2.40. The second kappa shape index (κ2) is 8.80. The lowest BCUT2D eigenvalue weighted by atomic mass is 9.70. The summed E-state index contributed by atoms with van der Waals surface area (Å²) in [6, 6.07) is 4.83. The average molecular weight is 424 g/mol. The largest absolute Gasteiger partial charge is 0.465 e. The van der Waals surface area contributed by atoms with Crippen LogP contribution in [0.2, 0.25) is 0 Å². The minimum atomic E-state index is -4.45. The topological polar surface area (TPSA) is 80.5 Å². The highest BCUT2D eigenvalue weighted by atomic mass is 19.4. The summed E-state index contributed by atoms with van der Waals surface area (Å²) in [5.41, 5.74) is -1.29. The number of halogens is 3. The van der Waals surface area contributed by atoms with E-state index in [1.54, 1.807) is 0 Å². The normalized spacial score (nSPS) is 28.6. The molecule has 1 unspecified atom stereocenters. The molecule has 2 fully saturated rings. The molecule has 2 heterocycles. The van der Waals surface area contributed by atoms with Crippen LogP contribution in [0.15, 0.2) is 18.3 Å². The van der Waals surface area contributed by atoms with Gasteiger partial charge in [-0.3, -0.25) is 9.88 Å². The molecule has 1 aromatic rings. The molecule has 0 aromatic carbocycles. The Kier molecular flexibility index (Phi) is 6.56. The predicted molar refractivity (Wildman–Crippen MR) is 104 cm³/mol. The molecule has 9 heteroatoms. The van der Waals surface area contributed by atoms with E-state index in [4.69, 9.17) is 0 Å². The SMILES string of the molecule is CCC1CN(C2CCC(C#N)(c3ccc(C(F)(F)F)cn3)CC2)CCCN1C(=O)O. The van der Waals surface area contributed by atoms with Crippen molar-refractivity contribution in [1.29, 1.82) is 5.26 Å². The molecule has 30 heavy (non-hydrogen) atoms. The molecule has 1 saturated carbocycles. The first-order valence-corrected chi connectivity index (χ1v) is 10.4. The third-order valence-electron chi connectivity index (χ3n) is 6.57. The van der Waals surface area contributed by atoms with Crippen molar-refractivity contribution in [3.05, 3.63) is 29.6 Å². The lowest BCUT2D eigenvalue weighted by Gasteiger charge is -2.40. The van der Waals surface area contributed by atoms with Crippen molar-refractivity contribution in [2.45, 2.75) is 69.1 Å². The number of hydrogen-bond acceptors (Lipinski definition) is 4. The van der Waals surface area contributed by atoms with Crippen molar-refractivity contribution in [3.63, 3.8) is 0 Å². The number of aromatic nitrogens is 1. The molecule has 3 rings (SSSR count). The maximum Gasteiger partial charge on any atom is 0.417 e. The standard InChI is InChI=1S/C21H27F3N4O2/c1-2-16-13-27(10-3-11-28(16)19(29)30)17-6-8-20(14-25,9-7-17)18-5-4-15(12-26-18)21(22,23)24/h4-5,12,16-17H,2-3,6-11,13H2,1H3,(H,29,30). The van der Waals surface area contributed by atoms with Gasteiger partial charge in [0.2, 0.25) is 0 Å². The Bertz CT molecular complexity index is 783. The number of rotatable bonds is 3. The zero-order valence-corrected chi connectivity index (χ0v) is 17.0. The molecule has 0 spiro atoms. The van der Waals surface area contributed by atoms with E-state index in [9.17, 15) is 28.3 Å². The summed E-state index contributed by atoms with van der Waals surface area (Å²) in [5, 5.41) is 19.3. The Morgan fingerprint density at radius 2 is 2.03 bits per heavy atom. The molecule has 0 bridgehead atoms. The van der Waals surface area contributed by atoms with E-state index < -0.39 is 23.2 Å². The zero-order chi connectivity index (χ0) is 21.9. The van der Waals surface area contributed by atoms with Gasteiger partial charge in [-0.15, -0.1) is 0 Å². The van der Waals surface area contributed by atoms with Crippen LogP contribution in [0.25, 0.3) is 0 Å². The molecule has 1 atom stereocenters. The first-order chi connectivity index (χ1) is 14.2. The molecular weight excluding hydrogens is 397 g/mol. The van der Waals surface area contributed by atoms with E-state index >= 15 is 0 Å². The lowest BCUT2D eigenvalue weighted by Crippen LogP contribution is -2.48. The van der Waals surface area contributed by atoms with E-state index in [0.717, 1.165) is 44.5 Å². The van der Waals surface area contributed by atoms with Crippen molar-refractivity contribution in [2.24, 2.45) is 0 Å². The molecule has 1 aliphatic carbocycles. The molecular formula is C21H27F3N4O2. The van der Waals surface area contributed by atoms with Crippen molar-refractivity contribution in [2.75, 3.05) is 19.6 Å². The Labute approximate surface area is 174 Å². The third-order valence-corrected chi connectivity index (χ3v) is 6.57. The quantitative estimate of drug-likeness (QED) is 0.784. The second-order valence-corrected chi connectivity index (χ2v) is 8.24. The van der Waals surface area contributed by atoms with Crippen LogP contribution >= 0.6 is 0 Å². The van der Waals surface area contributed by atoms with Gasteiger partial charge < -0.3 is 10.0 Å². The van der Waals surface area contributed by atoms with Crippen molar-refractivity contribution < 1.29 is 23.1 Å². The van der Waals surface area contributed by atoms with Gasteiger partial charge >= 0.3 is 12.3 Å². The smallest absolute Gasteiger partial charge is 0.417 e. The second-order valence-electron chi connectivity index (χ2n) is 8.24. The number of amides is 1. The summed E-state index contributed by atoms with van der Waals surface area (Å²) in [4.78, 5) is 19.4. The van der Waals surface area contributed by atoms with Crippen LogP contribution in [0, 0.1) is 11.3 Å². The van der Waals surface area contributed by atoms with Crippen molar-refractivity contribution in [3.8, 4) is 6.07 Å². The molecule has 1 N–H and O–H groups in total. The number of nitriles is 1. The monoisotopic (exact) mass is 424 g/mol. The highest BCUT2D eigenvalue weighted by molar-refractivity contribution is 5.65. The predicted octanol–water partition coefficient (Wildman–Crippen LogP) is 4.27. The molecule has 2 aliphatic rings. The molecule has 6 nitrogen and oxygen atoms in total. The van der Waals surface area contributed by atoms with E-state index in [2.05, 4.69) is 16.0 Å². The van der Waals surface area contributed by atoms with Crippen LogP contribution in [0.4, 0.5) is 18.0 Å². The van der Waals surface area contributed by atoms with Crippen LogP contribution in [0.1, 0.15) is 56.7 Å². The minimum Gasteiger partial charge on any atom is -0.465 e. The maximum atomic E-state index is 12.8. The minimum absolute atomic E-state index is 0.0516. The van der Waals surface area contributed by atoms with E-state index in [1.165, 1.54) is 11.0 Å². The number of carbonyl (C=O) groups is 1. The van der Waals surface area contributed by atoms with Crippen LogP contribution in [-0.2, 0) is 11.6 Å². The summed E-state index contributed by atoms with van der Waals surface area (Å²) in [6.45, 7) is 3.99. The summed E-state index contributed by atoms with van der Waals surface area (Å²) < 4.78 is 38.5. The van der Waals surface area contributed by atoms with Gasteiger partial charge in [0.15, 0.2) is 0 Å². The number of carboxylic acid groups (broad SMARTS) is 1. The lowest BCUT2D eigenvalue weighted by molar-refractivity contribution is -0.137. The van der Waals surface area contributed by atoms with Gasteiger partial charge in [-0.05, 0) is 50.7 Å². The number of pyridine rings is 1. The van der Waals surface area contributed by atoms with Gasteiger partial charge in [-0.2, -0.15) is 18.4 Å². The van der Waals surface area contributed by atoms with Gasteiger partial charge in [0.25, 0.3) is 0 Å². The van der Waals surface area contributed by atoms with E-state index in [-0.39, 0.29) is 12.1 Å². The van der Waals surface area contributed by atoms with Gasteiger partial charge in [-0.1, -0.05) is 6.92 Å². The van der Waals surface area contributed by atoms with Crippen molar-refractivity contribution in [1.82, 2.24) is 14.8 Å². The van der Waals surface area contributed by atoms with Gasteiger partial charge in [0.05, 0.1) is 22.7 Å². The molecule has 1 amide bonds. The van der Waals surface area contributed by atoms with Gasteiger partial charge in [0.1, 0.15) is 0 Å². The average Bonchev–Trinajstić information content (AvgIpc) is 2.96. The number of nitrogens with zero attached hydrogens (tertiary/aromatic N) is 4. The fraction of sp³-hybridized carbons (Fsp3) is 0.667. The fourth-order valence-electron chi connectivity index (χ4n) is 4.75. The third kappa shape index (κ3) is 4.53. The Balaban J connectivity index is 1.69. The first-order valence-electron chi connectivity index (χ1n) is 10.4. The Morgan fingerprint density at radius 1 is 1.33 bits per heavy atom. The van der Waals surface area contributed by atoms with Gasteiger partial charge in [-0.25, -0.2) is 4.79 Å². The van der Waals surface area contributed by atoms with Crippen LogP contribution in [0.5, 0.6) is 0 Å². The maximum absolute atomic E-state index is 12.8. The van der Waals surface area contributed by atoms with Gasteiger partial charge in [0, 0.05) is 37.9 Å². The number of alkyl halides is 3. The summed E-state index contributed by atoms with van der Waals surface area (Å²) >= 11 is 0. The van der Waals surface area contributed by atoms with Crippen molar-refractivity contribution >= 4 is 6.09 Å². The number of hydrogen-bond donors (Lipinski definition) is 1. The molecule has 164 valence electrons. The molecule has 0 radical (unpaired) electrons. The zero-order valence-electron chi connectivity index (χ0n) is 17.0. The molecule has 1 aromatic heterocycles. The molecule has 1 aliphatic heterocycles. The summed E-state index contributed by atoms with van der Waals surface area (Å²) in [7, 11) is 0. The highest BCUT2D eigenvalue weighted by Gasteiger charge is 2.41. The Hall–Kier alpha value is -2.34. The fourth-order valence-corrected chi connectivity index (χ4v) is 4.75.